The molecule has 0 unspecified atom stereocenters. The topological polar surface area (TPSA) is 83.1 Å². The van der Waals surface area contributed by atoms with Crippen LogP contribution in [0, 0.1) is 6.92 Å². The van der Waals surface area contributed by atoms with Gasteiger partial charge in [0.25, 0.3) is 10.1 Å². The van der Waals surface area contributed by atoms with Gasteiger partial charge in [-0.05, 0) is 13.3 Å². The number of imidazole rings is 1. The Morgan fingerprint density at radius 1 is 1.00 bits per heavy atom. The Kier molecular flexibility index (Phi) is 13.2. The van der Waals surface area contributed by atoms with Crippen molar-refractivity contribution in [3.05, 3.63) is 18.2 Å². The van der Waals surface area contributed by atoms with Gasteiger partial charge >= 0.3 is 0 Å². The zero-order valence-corrected chi connectivity index (χ0v) is 14.9. The molecule has 5 nitrogen and oxygen atoms in total. The van der Waals surface area contributed by atoms with Gasteiger partial charge < -0.3 is 4.98 Å². The number of aromatic amines is 1. The molecular formula is C16H32N2O3S. The summed E-state index contributed by atoms with van der Waals surface area (Å²) in [5, 5.41) is 0. The first-order valence-electron chi connectivity index (χ1n) is 8.37. The van der Waals surface area contributed by atoms with E-state index in [9.17, 15) is 8.42 Å². The smallest absolute Gasteiger partial charge is 0.264 e. The molecule has 0 saturated carbocycles. The van der Waals surface area contributed by atoms with E-state index in [-0.39, 0.29) is 5.75 Å². The molecule has 1 rings (SSSR count). The van der Waals surface area contributed by atoms with Crippen molar-refractivity contribution in [1.29, 1.82) is 0 Å². The molecule has 0 aromatic carbocycles. The third kappa shape index (κ3) is 17.2. The van der Waals surface area contributed by atoms with Crippen molar-refractivity contribution >= 4 is 10.1 Å². The van der Waals surface area contributed by atoms with Crippen LogP contribution in [0.1, 0.15) is 77.0 Å². The monoisotopic (exact) mass is 332 g/mol. The summed E-state index contributed by atoms with van der Waals surface area (Å²) in [4.78, 5) is 6.75. The summed E-state index contributed by atoms with van der Waals surface area (Å²) < 4.78 is 29.4. The Hall–Kier alpha value is -0.880. The lowest BCUT2D eigenvalue weighted by atomic mass is 10.1. The molecule has 0 amide bonds. The Morgan fingerprint density at radius 3 is 1.82 bits per heavy atom. The Labute approximate surface area is 135 Å². The molecule has 0 saturated heterocycles. The summed E-state index contributed by atoms with van der Waals surface area (Å²) in [6, 6.07) is 0. The minimum atomic E-state index is -3.73. The highest BCUT2D eigenvalue weighted by Gasteiger charge is 2.02. The lowest BCUT2D eigenvalue weighted by Gasteiger charge is -2.01. The minimum absolute atomic E-state index is 0.0799. The van der Waals surface area contributed by atoms with Crippen LogP contribution in [0.4, 0.5) is 0 Å². The quantitative estimate of drug-likeness (QED) is 0.461. The number of H-pyrrole nitrogens is 1. The molecule has 0 aliphatic heterocycles. The number of hydrogen-bond donors (Lipinski definition) is 2. The molecule has 0 radical (unpaired) electrons. The van der Waals surface area contributed by atoms with E-state index in [1.807, 2.05) is 6.92 Å². The fraction of sp³-hybridized carbons (Fsp3) is 0.812. The van der Waals surface area contributed by atoms with Crippen molar-refractivity contribution in [2.45, 2.75) is 78.1 Å². The summed E-state index contributed by atoms with van der Waals surface area (Å²) >= 11 is 0. The number of aromatic nitrogens is 2. The molecular weight excluding hydrogens is 300 g/mol. The average molecular weight is 333 g/mol. The van der Waals surface area contributed by atoms with Gasteiger partial charge in [0.05, 0.1) is 5.75 Å². The molecule has 0 bridgehead atoms. The predicted octanol–water partition coefficient (Wildman–Crippen LogP) is 4.51. The lowest BCUT2D eigenvalue weighted by Crippen LogP contribution is -2.03. The number of nitrogens with one attached hydrogen (secondary N) is 1. The van der Waals surface area contributed by atoms with E-state index < -0.39 is 10.1 Å². The molecule has 1 aromatic heterocycles. The second kappa shape index (κ2) is 13.8. The molecule has 1 heterocycles. The zero-order valence-electron chi connectivity index (χ0n) is 14.1. The lowest BCUT2D eigenvalue weighted by molar-refractivity contribution is 0.478. The molecule has 0 fully saturated rings. The van der Waals surface area contributed by atoms with E-state index in [0.29, 0.717) is 6.42 Å². The Morgan fingerprint density at radius 2 is 1.50 bits per heavy atom. The van der Waals surface area contributed by atoms with E-state index in [0.717, 1.165) is 18.7 Å². The maximum atomic E-state index is 10.4. The number of aryl methyl sites for hydroxylation is 1. The number of nitrogens with zero attached hydrogens (tertiary/aromatic N) is 1. The van der Waals surface area contributed by atoms with Gasteiger partial charge in [-0.3, -0.25) is 4.55 Å². The van der Waals surface area contributed by atoms with E-state index in [1.165, 1.54) is 44.9 Å². The summed E-state index contributed by atoms with van der Waals surface area (Å²) in [6.07, 6.45) is 15.2. The van der Waals surface area contributed by atoms with Gasteiger partial charge in [-0.2, -0.15) is 8.42 Å². The SMILES string of the molecule is CCCCCCCCCCCCS(=O)(=O)O.Cc1ncc[nH]1. The molecule has 22 heavy (non-hydrogen) atoms. The maximum absolute atomic E-state index is 10.4. The summed E-state index contributed by atoms with van der Waals surface area (Å²) in [7, 11) is -3.73. The molecule has 0 aliphatic rings. The van der Waals surface area contributed by atoms with Gasteiger partial charge in [0.15, 0.2) is 0 Å². The Balaban J connectivity index is 0.000000604. The highest BCUT2D eigenvalue weighted by atomic mass is 32.2. The molecule has 130 valence electrons. The maximum Gasteiger partial charge on any atom is 0.264 e. The van der Waals surface area contributed by atoms with Crippen molar-refractivity contribution in [3.8, 4) is 0 Å². The van der Waals surface area contributed by atoms with Crippen LogP contribution >= 0.6 is 0 Å². The minimum Gasteiger partial charge on any atom is -0.349 e. The number of unbranched alkanes of at least 4 members (excludes halogenated alkanes) is 9. The highest BCUT2D eigenvalue weighted by molar-refractivity contribution is 7.85. The van der Waals surface area contributed by atoms with Crippen molar-refractivity contribution in [2.24, 2.45) is 0 Å². The van der Waals surface area contributed by atoms with Crippen molar-refractivity contribution in [1.82, 2.24) is 9.97 Å². The molecule has 0 spiro atoms. The van der Waals surface area contributed by atoms with Crippen LogP contribution in [-0.2, 0) is 10.1 Å². The molecule has 0 aliphatic carbocycles. The Bertz CT molecular complexity index is 430. The van der Waals surface area contributed by atoms with Crippen molar-refractivity contribution in [3.63, 3.8) is 0 Å². The van der Waals surface area contributed by atoms with Crippen molar-refractivity contribution < 1.29 is 13.0 Å². The largest absolute Gasteiger partial charge is 0.349 e. The normalized spacial score (nSPS) is 11.0. The second-order valence-corrected chi connectivity index (χ2v) is 7.21. The van der Waals surface area contributed by atoms with Crippen LogP contribution in [0.15, 0.2) is 12.4 Å². The fourth-order valence-corrected chi connectivity index (χ4v) is 2.69. The van der Waals surface area contributed by atoms with Gasteiger partial charge in [0.2, 0.25) is 0 Å². The molecule has 0 atom stereocenters. The second-order valence-electron chi connectivity index (χ2n) is 5.64. The van der Waals surface area contributed by atoms with Crippen LogP contribution in [-0.4, -0.2) is 28.7 Å². The highest BCUT2D eigenvalue weighted by Crippen LogP contribution is 2.10. The molecule has 1 aromatic rings. The first-order valence-corrected chi connectivity index (χ1v) is 9.97. The van der Waals surface area contributed by atoms with Crippen LogP contribution in [0.5, 0.6) is 0 Å². The summed E-state index contributed by atoms with van der Waals surface area (Å²) in [5.41, 5.74) is 0. The fourth-order valence-electron chi connectivity index (χ4n) is 2.12. The average Bonchev–Trinajstić information content (AvgIpc) is 2.91. The zero-order chi connectivity index (χ0) is 16.7. The van der Waals surface area contributed by atoms with E-state index in [1.54, 1.807) is 12.4 Å². The third-order valence-electron chi connectivity index (χ3n) is 3.39. The standard InChI is InChI=1S/C12H26O3S.C4H6N2/c1-2-3-4-5-6-7-8-9-10-11-12-16(13,14)15;1-4-5-2-3-6-4/h2-12H2,1H3,(H,13,14,15);2-3H,1H3,(H,5,6). The molecule has 2 N–H and O–H groups in total. The van der Waals surface area contributed by atoms with Crippen LogP contribution in [0.25, 0.3) is 0 Å². The van der Waals surface area contributed by atoms with Crippen LogP contribution in [0.2, 0.25) is 0 Å². The van der Waals surface area contributed by atoms with Crippen LogP contribution in [0.3, 0.4) is 0 Å². The number of rotatable bonds is 11. The first-order chi connectivity index (χ1) is 10.5. The van der Waals surface area contributed by atoms with Gasteiger partial charge in [-0.15, -0.1) is 0 Å². The summed E-state index contributed by atoms with van der Waals surface area (Å²) in [5.74, 6) is 0.888. The third-order valence-corrected chi connectivity index (χ3v) is 4.20. The van der Waals surface area contributed by atoms with Gasteiger partial charge in [-0.25, -0.2) is 4.98 Å². The van der Waals surface area contributed by atoms with E-state index >= 15 is 0 Å². The first kappa shape index (κ1) is 21.1. The predicted molar refractivity (Wildman–Crippen MR) is 91.6 cm³/mol. The molecule has 6 heteroatoms. The van der Waals surface area contributed by atoms with Crippen molar-refractivity contribution in [2.75, 3.05) is 5.75 Å². The van der Waals surface area contributed by atoms with Crippen LogP contribution < -0.4 is 0 Å². The number of hydrogen-bond acceptors (Lipinski definition) is 3. The van der Waals surface area contributed by atoms with E-state index in [2.05, 4.69) is 16.9 Å². The van der Waals surface area contributed by atoms with Gasteiger partial charge in [-0.1, -0.05) is 64.7 Å². The van der Waals surface area contributed by atoms with Gasteiger partial charge in [0, 0.05) is 12.4 Å². The summed E-state index contributed by atoms with van der Waals surface area (Å²) in [6.45, 7) is 4.13. The van der Waals surface area contributed by atoms with Gasteiger partial charge in [0.1, 0.15) is 5.82 Å². The van der Waals surface area contributed by atoms with E-state index in [4.69, 9.17) is 4.55 Å².